The Hall–Kier alpha value is -3.13. The van der Waals surface area contributed by atoms with Crippen LogP contribution in [0.15, 0.2) is 60.9 Å². The van der Waals surface area contributed by atoms with Gasteiger partial charge in [0.15, 0.2) is 0 Å². The summed E-state index contributed by atoms with van der Waals surface area (Å²) < 4.78 is 40.6. The van der Waals surface area contributed by atoms with E-state index in [1.807, 2.05) is 24.5 Å². The van der Waals surface area contributed by atoms with Crippen molar-refractivity contribution in [2.75, 3.05) is 20.1 Å². The molecule has 1 amide bonds. The van der Waals surface area contributed by atoms with E-state index in [4.69, 9.17) is 4.98 Å². The minimum Gasteiger partial charge on any atom is -0.338 e. The Kier molecular flexibility index (Phi) is 4.85. The molecular formula is C24H23F3N4O. The summed E-state index contributed by atoms with van der Waals surface area (Å²) in [5, 5.41) is 0. The number of likely N-dealkylation sites (tertiary alicyclic amines) is 1. The first-order chi connectivity index (χ1) is 15.3. The van der Waals surface area contributed by atoms with Gasteiger partial charge in [0.1, 0.15) is 5.82 Å². The van der Waals surface area contributed by atoms with Crippen molar-refractivity contribution in [3.05, 3.63) is 83.4 Å². The molecule has 0 N–H and O–H groups in total. The Balaban J connectivity index is 1.39. The van der Waals surface area contributed by atoms with Gasteiger partial charge < -0.3 is 9.47 Å². The highest BCUT2D eigenvalue weighted by atomic mass is 19.4. The van der Waals surface area contributed by atoms with Crippen molar-refractivity contribution in [2.45, 2.75) is 31.1 Å². The monoisotopic (exact) mass is 440 g/mol. The predicted octanol–water partition coefficient (Wildman–Crippen LogP) is 4.47. The summed E-state index contributed by atoms with van der Waals surface area (Å²) in [6.45, 7) is 1.78. The molecular weight excluding hydrogens is 417 g/mol. The highest BCUT2D eigenvalue weighted by Gasteiger charge is 2.45. The lowest BCUT2D eigenvalue weighted by molar-refractivity contribution is -0.137. The van der Waals surface area contributed by atoms with Gasteiger partial charge in [0.25, 0.3) is 5.91 Å². The molecule has 0 saturated carbocycles. The number of aromatic nitrogens is 2. The smallest absolute Gasteiger partial charge is 0.338 e. The van der Waals surface area contributed by atoms with Crippen molar-refractivity contribution in [3.63, 3.8) is 0 Å². The molecule has 3 aromatic rings. The average molecular weight is 440 g/mol. The quantitative estimate of drug-likeness (QED) is 0.561. The van der Waals surface area contributed by atoms with Crippen LogP contribution in [-0.4, -0.2) is 45.4 Å². The molecule has 1 fully saturated rings. The van der Waals surface area contributed by atoms with Crippen molar-refractivity contribution in [1.82, 2.24) is 19.4 Å². The second kappa shape index (κ2) is 7.48. The van der Waals surface area contributed by atoms with E-state index in [1.165, 1.54) is 17.7 Å². The topological polar surface area (TPSA) is 41.4 Å². The number of amides is 1. The lowest BCUT2D eigenvalue weighted by Crippen LogP contribution is -2.53. The van der Waals surface area contributed by atoms with E-state index in [0.29, 0.717) is 25.9 Å². The van der Waals surface area contributed by atoms with Crippen LogP contribution >= 0.6 is 0 Å². The van der Waals surface area contributed by atoms with Crippen molar-refractivity contribution in [2.24, 2.45) is 0 Å². The maximum absolute atomic E-state index is 13.0. The van der Waals surface area contributed by atoms with Gasteiger partial charge in [-0.3, -0.25) is 9.69 Å². The molecule has 5 nitrogen and oxygen atoms in total. The van der Waals surface area contributed by atoms with Crippen LogP contribution in [0.2, 0.25) is 0 Å². The third kappa shape index (κ3) is 3.30. The molecule has 32 heavy (non-hydrogen) atoms. The third-order valence-electron chi connectivity index (χ3n) is 6.78. The number of carbonyl (C=O) groups is 1. The molecule has 0 aliphatic carbocycles. The molecule has 0 radical (unpaired) electrons. The molecule has 166 valence electrons. The summed E-state index contributed by atoms with van der Waals surface area (Å²) in [7, 11) is 2.09. The number of halogens is 3. The summed E-state index contributed by atoms with van der Waals surface area (Å²) in [5.74, 6) is 0.725. The summed E-state index contributed by atoms with van der Waals surface area (Å²) in [6, 6.07) is 12.7. The zero-order valence-electron chi connectivity index (χ0n) is 17.6. The minimum absolute atomic E-state index is 0.239. The van der Waals surface area contributed by atoms with E-state index < -0.39 is 11.7 Å². The lowest BCUT2D eigenvalue weighted by Gasteiger charge is -2.46. The van der Waals surface area contributed by atoms with Gasteiger partial charge in [-0.05, 0) is 55.8 Å². The van der Waals surface area contributed by atoms with Crippen molar-refractivity contribution in [1.29, 1.82) is 0 Å². The maximum Gasteiger partial charge on any atom is 0.416 e. The van der Waals surface area contributed by atoms with Gasteiger partial charge in [-0.25, -0.2) is 4.98 Å². The molecule has 3 heterocycles. The van der Waals surface area contributed by atoms with E-state index in [-0.39, 0.29) is 17.0 Å². The Morgan fingerprint density at radius 1 is 1.03 bits per heavy atom. The van der Waals surface area contributed by atoms with Crippen LogP contribution in [0, 0.1) is 0 Å². The number of rotatable bonds is 1. The number of hydrogen-bond donors (Lipinski definition) is 0. The van der Waals surface area contributed by atoms with Crippen LogP contribution in [0.25, 0.3) is 5.69 Å². The van der Waals surface area contributed by atoms with Crippen LogP contribution in [0.3, 0.4) is 0 Å². The standard InChI is InChI=1S/C24H23F3N4O/c1-29-16-18-4-2-3-5-20(18)31-15-12-28-22(31)23(29)10-13-30(14-11-23)21(32)17-6-8-19(9-7-17)24(25,26)27/h2-9,12,15H,10-11,13-14,16H2,1H3. The summed E-state index contributed by atoms with van der Waals surface area (Å²) in [5.41, 5.74) is 1.54. The van der Waals surface area contributed by atoms with Gasteiger partial charge in [-0.2, -0.15) is 13.2 Å². The molecule has 0 atom stereocenters. The molecule has 2 aromatic carbocycles. The van der Waals surface area contributed by atoms with E-state index in [2.05, 4.69) is 28.6 Å². The fourth-order valence-corrected chi connectivity index (χ4v) is 4.97. The van der Waals surface area contributed by atoms with Crippen LogP contribution in [-0.2, 0) is 18.3 Å². The van der Waals surface area contributed by atoms with Gasteiger partial charge in [-0.15, -0.1) is 0 Å². The lowest BCUT2D eigenvalue weighted by atomic mass is 9.84. The first-order valence-corrected chi connectivity index (χ1v) is 10.6. The first-order valence-electron chi connectivity index (χ1n) is 10.6. The SMILES string of the molecule is CN1Cc2ccccc2-n2ccnc2C12CCN(C(=O)c1ccc(C(F)(F)F)cc1)CC2. The Morgan fingerprint density at radius 3 is 2.41 bits per heavy atom. The van der Waals surface area contributed by atoms with Crippen molar-refractivity contribution < 1.29 is 18.0 Å². The Morgan fingerprint density at radius 2 is 1.72 bits per heavy atom. The van der Waals surface area contributed by atoms with Gasteiger partial charge in [0.05, 0.1) is 16.8 Å². The Labute approximate surface area is 184 Å². The highest BCUT2D eigenvalue weighted by Crippen LogP contribution is 2.42. The zero-order chi connectivity index (χ0) is 22.5. The maximum atomic E-state index is 13.0. The zero-order valence-corrected chi connectivity index (χ0v) is 17.6. The molecule has 1 saturated heterocycles. The van der Waals surface area contributed by atoms with E-state index in [0.717, 1.165) is 30.2 Å². The second-order valence-electron chi connectivity index (χ2n) is 8.50. The number of imidazole rings is 1. The molecule has 0 unspecified atom stereocenters. The molecule has 2 aliphatic rings. The van der Waals surface area contributed by atoms with Gasteiger partial charge in [0, 0.05) is 37.6 Å². The van der Waals surface area contributed by atoms with Crippen LogP contribution < -0.4 is 0 Å². The fraction of sp³-hybridized carbons (Fsp3) is 0.333. The van der Waals surface area contributed by atoms with Crippen LogP contribution in [0.5, 0.6) is 0 Å². The summed E-state index contributed by atoms with van der Waals surface area (Å²) in [4.78, 5) is 21.7. The molecule has 2 aliphatic heterocycles. The largest absolute Gasteiger partial charge is 0.416 e. The number of piperidine rings is 1. The number of fused-ring (bicyclic) bond motifs is 4. The summed E-state index contributed by atoms with van der Waals surface area (Å²) >= 11 is 0. The molecule has 0 bridgehead atoms. The normalized spacial score (nSPS) is 18.2. The number of benzene rings is 2. The molecule has 1 aromatic heterocycles. The number of carbonyl (C=O) groups excluding carboxylic acids is 1. The molecule has 1 spiro atoms. The van der Waals surface area contributed by atoms with Crippen molar-refractivity contribution in [3.8, 4) is 5.69 Å². The third-order valence-corrected chi connectivity index (χ3v) is 6.78. The Bertz CT molecular complexity index is 1140. The predicted molar refractivity (Wildman–Crippen MR) is 113 cm³/mol. The molecule has 5 rings (SSSR count). The number of nitrogens with zero attached hydrogens (tertiary/aromatic N) is 4. The van der Waals surface area contributed by atoms with Gasteiger partial charge in [0.2, 0.25) is 0 Å². The van der Waals surface area contributed by atoms with E-state index >= 15 is 0 Å². The highest BCUT2D eigenvalue weighted by molar-refractivity contribution is 5.94. The van der Waals surface area contributed by atoms with Gasteiger partial charge in [-0.1, -0.05) is 18.2 Å². The van der Waals surface area contributed by atoms with Gasteiger partial charge >= 0.3 is 6.18 Å². The van der Waals surface area contributed by atoms with Crippen LogP contribution in [0.1, 0.15) is 40.2 Å². The van der Waals surface area contributed by atoms with Crippen LogP contribution in [0.4, 0.5) is 13.2 Å². The fourth-order valence-electron chi connectivity index (χ4n) is 4.97. The van der Waals surface area contributed by atoms with Crippen molar-refractivity contribution >= 4 is 5.91 Å². The molecule has 8 heteroatoms. The number of alkyl halides is 3. The number of para-hydroxylation sites is 1. The summed E-state index contributed by atoms with van der Waals surface area (Å²) in [6.07, 6.45) is 0.770. The minimum atomic E-state index is -4.41. The average Bonchev–Trinajstić information content (AvgIpc) is 3.26. The second-order valence-corrected chi connectivity index (χ2v) is 8.50. The van der Waals surface area contributed by atoms with E-state index in [9.17, 15) is 18.0 Å². The van der Waals surface area contributed by atoms with E-state index in [1.54, 1.807) is 4.90 Å². The number of hydrogen-bond acceptors (Lipinski definition) is 3. The first kappa shape index (κ1) is 20.8.